The Hall–Kier alpha value is -1.46. The first-order valence-electron chi connectivity index (χ1n) is 5.77. The number of nitrogens with zero attached hydrogens (tertiary/aromatic N) is 1. The van der Waals surface area contributed by atoms with Crippen LogP contribution in [-0.2, 0) is 0 Å². The molecule has 1 N–H and O–H groups in total. The Morgan fingerprint density at radius 2 is 2.21 bits per heavy atom. The van der Waals surface area contributed by atoms with E-state index < -0.39 is 0 Å². The molecule has 5 heteroatoms. The van der Waals surface area contributed by atoms with E-state index in [-0.39, 0.29) is 11.9 Å². The second-order valence-corrected chi connectivity index (χ2v) is 5.70. The molecule has 0 aliphatic heterocycles. The van der Waals surface area contributed by atoms with Gasteiger partial charge >= 0.3 is 0 Å². The van der Waals surface area contributed by atoms with Gasteiger partial charge in [-0.2, -0.15) is 0 Å². The van der Waals surface area contributed by atoms with Gasteiger partial charge in [-0.05, 0) is 51.5 Å². The molecule has 2 rings (SSSR count). The summed E-state index contributed by atoms with van der Waals surface area (Å²) >= 11 is 4.79. The molecule has 19 heavy (non-hydrogen) atoms. The zero-order valence-electron chi connectivity index (χ0n) is 10.2. The fraction of sp³-hybridized carbons (Fsp3) is 0.143. The average molecular weight is 337 g/mol. The summed E-state index contributed by atoms with van der Waals surface area (Å²) in [6.45, 7) is 3.74. The summed E-state index contributed by atoms with van der Waals surface area (Å²) in [6, 6.07) is 5.59. The first-order valence-corrected chi connectivity index (χ1v) is 7.44. The quantitative estimate of drug-likeness (QED) is 0.840. The molecule has 0 radical (unpaired) electrons. The van der Waals surface area contributed by atoms with Gasteiger partial charge in [0.25, 0.3) is 5.91 Å². The molecule has 0 saturated carbocycles. The second kappa shape index (κ2) is 6.63. The first kappa shape index (κ1) is 14.0. The Balaban J connectivity index is 2.16. The van der Waals surface area contributed by atoms with Crippen LogP contribution in [0, 0.1) is 0 Å². The summed E-state index contributed by atoms with van der Waals surface area (Å²) in [7, 11) is 0. The van der Waals surface area contributed by atoms with E-state index in [1.807, 2.05) is 23.6 Å². The molecule has 0 aliphatic carbocycles. The standard InChI is InChI=1S/C14H13BrN2OS/c1-2-3-12(10-4-7-16-8-5-10)17-14(18)13-11(15)6-9-19-13/h2,4-9,12H,1,3H2,(H,17,18). The van der Waals surface area contributed by atoms with Crippen LogP contribution >= 0.6 is 27.3 Å². The molecule has 3 nitrogen and oxygen atoms in total. The van der Waals surface area contributed by atoms with Gasteiger partial charge in [0.15, 0.2) is 0 Å². The van der Waals surface area contributed by atoms with E-state index in [2.05, 4.69) is 32.8 Å². The number of rotatable bonds is 5. The molecule has 0 spiro atoms. The minimum atomic E-state index is -0.0815. The van der Waals surface area contributed by atoms with Crippen LogP contribution < -0.4 is 5.32 Å². The number of hydrogen-bond donors (Lipinski definition) is 1. The van der Waals surface area contributed by atoms with Crippen LogP contribution in [-0.4, -0.2) is 10.9 Å². The lowest BCUT2D eigenvalue weighted by atomic mass is 10.1. The van der Waals surface area contributed by atoms with Gasteiger partial charge in [-0.1, -0.05) is 6.08 Å². The van der Waals surface area contributed by atoms with E-state index in [0.29, 0.717) is 11.3 Å². The molecule has 1 amide bonds. The summed E-state index contributed by atoms with van der Waals surface area (Å²) in [5, 5.41) is 4.90. The Bertz CT molecular complexity index is 568. The van der Waals surface area contributed by atoms with Gasteiger partial charge in [0.1, 0.15) is 4.88 Å². The van der Waals surface area contributed by atoms with Crippen molar-refractivity contribution in [2.45, 2.75) is 12.5 Å². The van der Waals surface area contributed by atoms with Crippen LogP contribution in [0.4, 0.5) is 0 Å². The third-order valence-corrected chi connectivity index (χ3v) is 4.48. The first-order chi connectivity index (χ1) is 9.22. The van der Waals surface area contributed by atoms with E-state index in [4.69, 9.17) is 0 Å². The van der Waals surface area contributed by atoms with Crippen LogP contribution in [0.3, 0.4) is 0 Å². The lowest BCUT2D eigenvalue weighted by Crippen LogP contribution is -2.27. The topological polar surface area (TPSA) is 42.0 Å². The molecule has 0 aromatic carbocycles. The van der Waals surface area contributed by atoms with E-state index >= 15 is 0 Å². The third kappa shape index (κ3) is 3.52. The predicted molar refractivity (Wildman–Crippen MR) is 81.3 cm³/mol. The number of thiophene rings is 1. The summed E-state index contributed by atoms with van der Waals surface area (Å²) in [6.07, 6.45) is 5.92. The van der Waals surface area contributed by atoms with Crippen molar-refractivity contribution in [2.24, 2.45) is 0 Å². The monoisotopic (exact) mass is 336 g/mol. The lowest BCUT2D eigenvalue weighted by Gasteiger charge is -2.17. The van der Waals surface area contributed by atoms with Gasteiger partial charge < -0.3 is 5.32 Å². The zero-order chi connectivity index (χ0) is 13.7. The maximum atomic E-state index is 12.2. The fourth-order valence-electron chi connectivity index (χ4n) is 1.72. The maximum absolute atomic E-state index is 12.2. The molecule has 0 fully saturated rings. The van der Waals surface area contributed by atoms with Crippen molar-refractivity contribution in [3.05, 3.63) is 63.5 Å². The number of halogens is 1. The highest BCUT2D eigenvalue weighted by molar-refractivity contribution is 9.10. The molecule has 0 aliphatic rings. The van der Waals surface area contributed by atoms with Crippen molar-refractivity contribution < 1.29 is 4.79 Å². The van der Waals surface area contributed by atoms with Crippen LogP contribution in [0.5, 0.6) is 0 Å². The van der Waals surface area contributed by atoms with Gasteiger partial charge in [0.05, 0.1) is 6.04 Å². The number of nitrogens with one attached hydrogen (secondary N) is 1. The number of pyridine rings is 1. The van der Waals surface area contributed by atoms with Crippen LogP contribution in [0.2, 0.25) is 0 Å². The molecule has 2 aromatic heterocycles. The number of aromatic nitrogens is 1. The van der Waals surface area contributed by atoms with Crippen molar-refractivity contribution >= 4 is 33.2 Å². The number of carbonyl (C=O) groups excluding carboxylic acids is 1. The van der Waals surface area contributed by atoms with Crippen LogP contribution in [0.25, 0.3) is 0 Å². The van der Waals surface area contributed by atoms with Gasteiger partial charge in [-0.3, -0.25) is 9.78 Å². The van der Waals surface area contributed by atoms with Crippen molar-refractivity contribution in [1.82, 2.24) is 10.3 Å². The average Bonchev–Trinajstić information content (AvgIpc) is 2.85. The highest BCUT2D eigenvalue weighted by atomic mass is 79.9. The highest BCUT2D eigenvalue weighted by Crippen LogP contribution is 2.24. The normalized spacial score (nSPS) is 11.8. The summed E-state index contributed by atoms with van der Waals surface area (Å²) in [4.78, 5) is 16.9. The summed E-state index contributed by atoms with van der Waals surface area (Å²) in [5.74, 6) is -0.0782. The second-order valence-electron chi connectivity index (χ2n) is 3.93. The smallest absolute Gasteiger partial charge is 0.263 e. The molecular weight excluding hydrogens is 324 g/mol. The van der Waals surface area contributed by atoms with Crippen LogP contribution in [0.15, 0.2) is 53.1 Å². The van der Waals surface area contributed by atoms with Crippen molar-refractivity contribution in [1.29, 1.82) is 0 Å². The number of carbonyl (C=O) groups is 1. The molecule has 0 saturated heterocycles. The Labute approximate surface area is 124 Å². The third-order valence-electron chi connectivity index (χ3n) is 2.64. The molecular formula is C14H13BrN2OS. The Kier molecular flexibility index (Phi) is 4.87. The lowest BCUT2D eigenvalue weighted by molar-refractivity contribution is 0.0940. The molecule has 2 heterocycles. The van der Waals surface area contributed by atoms with E-state index in [9.17, 15) is 4.79 Å². The Morgan fingerprint density at radius 1 is 1.47 bits per heavy atom. The van der Waals surface area contributed by atoms with E-state index in [1.165, 1.54) is 11.3 Å². The number of hydrogen-bond acceptors (Lipinski definition) is 3. The minimum absolute atomic E-state index is 0.0782. The van der Waals surface area contributed by atoms with Gasteiger partial charge in [-0.15, -0.1) is 17.9 Å². The molecule has 2 aromatic rings. The molecule has 1 unspecified atom stereocenters. The van der Waals surface area contributed by atoms with Crippen molar-refractivity contribution in [3.8, 4) is 0 Å². The molecule has 98 valence electrons. The van der Waals surface area contributed by atoms with Gasteiger partial charge in [-0.25, -0.2) is 0 Å². The fourth-order valence-corrected chi connectivity index (χ4v) is 3.17. The summed E-state index contributed by atoms with van der Waals surface area (Å²) in [5.41, 5.74) is 1.02. The van der Waals surface area contributed by atoms with Crippen molar-refractivity contribution in [3.63, 3.8) is 0 Å². The maximum Gasteiger partial charge on any atom is 0.263 e. The predicted octanol–water partition coefficient (Wildman–Crippen LogP) is 3.95. The number of amides is 1. The minimum Gasteiger partial charge on any atom is -0.344 e. The van der Waals surface area contributed by atoms with Crippen molar-refractivity contribution in [2.75, 3.05) is 0 Å². The highest BCUT2D eigenvalue weighted by Gasteiger charge is 2.17. The summed E-state index contributed by atoms with van der Waals surface area (Å²) < 4.78 is 0.821. The SMILES string of the molecule is C=CCC(NC(=O)c1sccc1Br)c1ccncc1. The van der Waals surface area contributed by atoms with Gasteiger partial charge in [0, 0.05) is 16.9 Å². The largest absolute Gasteiger partial charge is 0.344 e. The molecule has 1 atom stereocenters. The molecule has 0 bridgehead atoms. The van der Waals surface area contributed by atoms with E-state index in [0.717, 1.165) is 10.0 Å². The Morgan fingerprint density at radius 3 is 2.79 bits per heavy atom. The zero-order valence-corrected chi connectivity index (χ0v) is 12.6. The van der Waals surface area contributed by atoms with E-state index in [1.54, 1.807) is 18.5 Å². The van der Waals surface area contributed by atoms with Gasteiger partial charge in [0.2, 0.25) is 0 Å². The van der Waals surface area contributed by atoms with Crippen LogP contribution in [0.1, 0.15) is 27.7 Å².